The molecule has 0 saturated heterocycles. The van der Waals surface area contributed by atoms with E-state index >= 15 is 0 Å². The van der Waals surface area contributed by atoms with Crippen molar-refractivity contribution in [3.63, 3.8) is 0 Å². The van der Waals surface area contributed by atoms with Gasteiger partial charge >= 0.3 is 0 Å². The minimum atomic E-state index is 0.863. The summed E-state index contributed by atoms with van der Waals surface area (Å²) >= 11 is 0. The van der Waals surface area contributed by atoms with Gasteiger partial charge in [-0.25, -0.2) is 9.98 Å². The number of para-hydroxylation sites is 2. The average molecular weight is 667 g/mol. The lowest BCUT2D eigenvalue weighted by molar-refractivity contribution is 1.30. The van der Waals surface area contributed by atoms with Crippen LogP contribution in [0, 0.1) is 0 Å². The zero-order valence-electron chi connectivity index (χ0n) is 28.0. The van der Waals surface area contributed by atoms with Gasteiger partial charge in [-0.1, -0.05) is 84.9 Å². The van der Waals surface area contributed by atoms with Gasteiger partial charge in [-0.3, -0.25) is 19.9 Å². The first-order chi connectivity index (χ1) is 25.8. The molecule has 6 nitrogen and oxygen atoms in total. The minimum Gasteiger partial charge on any atom is -0.265 e. The Kier molecular flexibility index (Phi) is 8.08. The van der Waals surface area contributed by atoms with Crippen LogP contribution in [0.4, 0.5) is 11.4 Å². The van der Waals surface area contributed by atoms with Gasteiger partial charge in [-0.15, -0.1) is 0 Å². The zero-order valence-corrected chi connectivity index (χ0v) is 28.0. The van der Waals surface area contributed by atoms with Gasteiger partial charge in [0.15, 0.2) is 0 Å². The highest BCUT2D eigenvalue weighted by molar-refractivity contribution is 6.22. The second-order valence-corrected chi connectivity index (χ2v) is 12.5. The Morgan fingerprint density at radius 2 is 0.596 bits per heavy atom. The second-order valence-electron chi connectivity index (χ2n) is 12.5. The Hall–Kier alpha value is -7.18. The van der Waals surface area contributed by atoms with Crippen molar-refractivity contribution in [1.29, 1.82) is 0 Å². The van der Waals surface area contributed by atoms with Crippen molar-refractivity contribution in [2.75, 3.05) is 0 Å². The summed E-state index contributed by atoms with van der Waals surface area (Å²) in [6.45, 7) is 0. The smallest absolute Gasteiger partial charge is 0.0803 e. The van der Waals surface area contributed by atoms with E-state index in [1.807, 2.05) is 73.3 Å². The number of nitrogens with zero attached hydrogens (tertiary/aromatic N) is 6. The van der Waals surface area contributed by atoms with Crippen LogP contribution in [-0.4, -0.2) is 31.4 Å². The molecule has 0 bridgehead atoms. The average Bonchev–Trinajstić information content (AvgIpc) is 3.22. The van der Waals surface area contributed by atoms with Gasteiger partial charge in [0.1, 0.15) is 0 Å². The summed E-state index contributed by atoms with van der Waals surface area (Å²) < 4.78 is 0. The maximum Gasteiger partial charge on any atom is 0.0803 e. The molecule has 0 atom stereocenters. The van der Waals surface area contributed by atoms with Gasteiger partial charge < -0.3 is 0 Å². The lowest BCUT2D eigenvalue weighted by atomic mass is 9.94. The van der Waals surface area contributed by atoms with Crippen LogP contribution >= 0.6 is 0 Å². The molecule has 1 aliphatic rings. The molecule has 0 spiro atoms. The fourth-order valence-electron chi connectivity index (χ4n) is 6.59. The van der Waals surface area contributed by atoms with E-state index in [4.69, 9.17) is 9.98 Å². The van der Waals surface area contributed by atoms with Crippen LogP contribution in [-0.2, 0) is 0 Å². The first kappa shape index (κ1) is 30.8. The number of aromatic nitrogens is 4. The first-order valence-corrected chi connectivity index (χ1v) is 17.1. The molecule has 52 heavy (non-hydrogen) atoms. The lowest BCUT2D eigenvalue weighted by Crippen LogP contribution is -2.10. The standard InChI is InChI=1S/C46H30N6/c1-3-7-43-41(5-1)45(35-13-9-31(10-14-35)37-25-39(29-49-27-37)33-17-21-47-22-18-33)52-44-8-4-2-6-42(44)46(51-43)36-15-11-32(12-16-36)38-26-40(30-50-28-38)34-19-23-48-24-20-34/h1-30H. The third-order valence-corrected chi connectivity index (χ3v) is 9.27. The van der Waals surface area contributed by atoms with Crippen molar-refractivity contribution in [1.82, 2.24) is 19.9 Å². The van der Waals surface area contributed by atoms with Crippen molar-refractivity contribution in [3.05, 3.63) is 205 Å². The van der Waals surface area contributed by atoms with Crippen LogP contribution in [0.1, 0.15) is 22.3 Å². The Balaban J connectivity index is 1.07. The Morgan fingerprint density at radius 3 is 0.981 bits per heavy atom. The van der Waals surface area contributed by atoms with E-state index in [1.54, 1.807) is 24.8 Å². The van der Waals surface area contributed by atoms with E-state index < -0.39 is 0 Å². The molecule has 0 unspecified atom stereocenters. The monoisotopic (exact) mass is 666 g/mol. The number of fused-ring (bicyclic) bond motifs is 2. The zero-order chi connectivity index (χ0) is 34.7. The van der Waals surface area contributed by atoms with E-state index in [9.17, 15) is 0 Å². The van der Waals surface area contributed by atoms with Crippen molar-refractivity contribution in [2.45, 2.75) is 0 Å². The molecule has 0 saturated carbocycles. The van der Waals surface area contributed by atoms with Gasteiger partial charge in [0.25, 0.3) is 0 Å². The number of benzene rings is 4. The number of pyridine rings is 4. The van der Waals surface area contributed by atoms with E-state index in [-0.39, 0.29) is 0 Å². The summed E-state index contributed by atoms with van der Waals surface area (Å²) in [5, 5.41) is 0. The number of rotatable bonds is 6. The highest BCUT2D eigenvalue weighted by atomic mass is 14.8. The number of hydrogen-bond acceptors (Lipinski definition) is 6. The topological polar surface area (TPSA) is 76.3 Å². The molecule has 6 heteroatoms. The summed E-state index contributed by atoms with van der Waals surface area (Å²) in [4.78, 5) is 28.1. The van der Waals surface area contributed by atoms with E-state index in [0.29, 0.717) is 0 Å². The maximum atomic E-state index is 5.35. The third-order valence-electron chi connectivity index (χ3n) is 9.27. The number of hydrogen-bond donors (Lipinski definition) is 0. The Bertz CT molecular complexity index is 2410. The Morgan fingerprint density at radius 1 is 0.269 bits per heavy atom. The predicted molar refractivity (Wildman–Crippen MR) is 209 cm³/mol. The van der Waals surface area contributed by atoms with E-state index in [0.717, 1.165) is 89.6 Å². The summed E-state index contributed by atoms with van der Waals surface area (Å²) in [6, 6.07) is 45.9. The van der Waals surface area contributed by atoms with Gasteiger partial charge in [-0.05, 0) is 70.8 Å². The molecule has 8 aromatic rings. The largest absolute Gasteiger partial charge is 0.265 e. The fourth-order valence-corrected chi connectivity index (χ4v) is 6.59. The molecule has 5 heterocycles. The fraction of sp³-hybridized carbons (Fsp3) is 0. The van der Waals surface area contributed by atoms with Gasteiger partial charge in [0, 0.05) is 94.1 Å². The van der Waals surface area contributed by atoms with E-state index in [1.165, 1.54) is 0 Å². The molecule has 0 aliphatic carbocycles. The van der Waals surface area contributed by atoms with Crippen LogP contribution in [0.25, 0.3) is 44.5 Å². The van der Waals surface area contributed by atoms with Crippen LogP contribution in [0.5, 0.6) is 0 Å². The molecule has 0 fully saturated rings. The molecule has 0 N–H and O–H groups in total. The highest BCUT2D eigenvalue weighted by Crippen LogP contribution is 2.35. The summed E-state index contributed by atoms with van der Waals surface area (Å²) in [5.41, 5.74) is 16.0. The predicted octanol–water partition coefficient (Wildman–Crippen LogP) is 10.6. The number of aliphatic imine (C=N–C) groups is 2. The molecule has 9 rings (SSSR count). The third kappa shape index (κ3) is 6.10. The van der Waals surface area contributed by atoms with Crippen molar-refractivity contribution < 1.29 is 0 Å². The van der Waals surface area contributed by atoms with Crippen LogP contribution < -0.4 is 0 Å². The van der Waals surface area contributed by atoms with Gasteiger partial charge in [-0.2, -0.15) is 0 Å². The van der Waals surface area contributed by atoms with E-state index in [2.05, 4.69) is 105 Å². The molecule has 0 amide bonds. The van der Waals surface area contributed by atoms with Crippen molar-refractivity contribution >= 4 is 22.8 Å². The Labute approximate surface area is 301 Å². The van der Waals surface area contributed by atoms with Crippen molar-refractivity contribution in [3.8, 4) is 44.5 Å². The molecule has 4 aromatic carbocycles. The lowest BCUT2D eigenvalue weighted by Gasteiger charge is -2.18. The summed E-state index contributed by atoms with van der Waals surface area (Å²) in [5.74, 6) is 0. The van der Waals surface area contributed by atoms with Crippen LogP contribution in [0.2, 0.25) is 0 Å². The van der Waals surface area contributed by atoms with Crippen LogP contribution in [0.3, 0.4) is 0 Å². The van der Waals surface area contributed by atoms with Crippen molar-refractivity contribution in [2.24, 2.45) is 9.98 Å². The molecular weight excluding hydrogens is 637 g/mol. The quantitative estimate of drug-likeness (QED) is 0.177. The van der Waals surface area contributed by atoms with Gasteiger partial charge in [0.05, 0.1) is 22.8 Å². The first-order valence-electron chi connectivity index (χ1n) is 17.1. The summed E-state index contributed by atoms with van der Waals surface area (Å²) in [6.07, 6.45) is 14.8. The molecule has 1 aliphatic heterocycles. The second kappa shape index (κ2) is 13.6. The molecule has 244 valence electrons. The molecule has 4 aromatic heterocycles. The minimum absolute atomic E-state index is 0.863. The van der Waals surface area contributed by atoms with Gasteiger partial charge in [0.2, 0.25) is 0 Å². The molecule has 0 radical (unpaired) electrons. The highest BCUT2D eigenvalue weighted by Gasteiger charge is 2.20. The SMILES string of the molecule is c1ccc2c(c1)N=C(c1ccc(-c3cncc(-c4ccncc4)c3)cc1)c1ccccc1N=C2c1ccc(-c2cncc(-c3ccncc3)c2)cc1. The maximum absolute atomic E-state index is 5.35. The summed E-state index contributed by atoms with van der Waals surface area (Å²) in [7, 11) is 0. The molecular formula is C46H30N6. The van der Waals surface area contributed by atoms with Crippen LogP contribution in [0.15, 0.2) is 193 Å². The normalized spacial score (nSPS) is 12.1.